The zero-order valence-corrected chi connectivity index (χ0v) is 20.7. The zero-order valence-electron chi connectivity index (χ0n) is 19.8. The van der Waals surface area contributed by atoms with Crippen LogP contribution in [0.4, 0.5) is 5.69 Å². The lowest BCUT2D eigenvalue weighted by atomic mass is 9.94. The van der Waals surface area contributed by atoms with Crippen LogP contribution >= 0.6 is 12.2 Å². The number of thiocarbonyl (C=S) groups is 1. The third kappa shape index (κ3) is 5.74. The molecule has 184 valence electrons. The Morgan fingerprint density at radius 1 is 1.09 bits per heavy atom. The predicted molar refractivity (Wildman–Crippen MR) is 138 cm³/mol. The molecule has 0 atom stereocenters. The largest absolute Gasteiger partial charge is 0.495 e. The van der Waals surface area contributed by atoms with E-state index in [4.69, 9.17) is 26.4 Å². The number of carbonyl (C=O) groups excluding carboxylic acids is 2. The first-order valence-corrected chi connectivity index (χ1v) is 12.0. The second-order valence-electron chi connectivity index (χ2n) is 8.40. The predicted octanol–water partition coefficient (Wildman–Crippen LogP) is 4.11. The SMILES string of the molecule is COc1ccccc1NC(=O)COc1ccc(/C=C2/NC(=S)N(C3CCCCC3)C2=O)cc1OC. The molecule has 1 aliphatic carbocycles. The van der Waals surface area contributed by atoms with Crippen molar-refractivity contribution in [1.29, 1.82) is 0 Å². The summed E-state index contributed by atoms with van der Waals surface area (Å²) in [6.07, 6.45) is 7.14. The first kappa shape index (κ1) is 24.5. The maximum Gasteiger partial charge on any atom is 0.276 e. The van der Waals surface area contributed by atoms with Crippen molar-refractivity contribution in [2.75, 3.05) is 26.1 Å². The molecule has 1 saturated heterocycles. The molecule has 2 fully saturated rings. The number of para-hydroxylation sites is 2. The van der Waals surface area contributed by atoms with E-state index in [1.807, 2.05) is 6.07 Å². The van der Waals surface area contributed by atoms with E-state index in [0.717, 1.165) is 31.2 Å². The molecule has 4 rings (SSSR count). The van der Waals surface area contributed by atoms with Gasteiger partial charge < -0.3 is 24.8 Å². The van der Waals surface area contributed by atoms with Crippen LogP contribution < -0.4 is 24.8 Å². The standard InChI is InChI=1S/C26H29N3O5S/c1-32-21-11-7-6-10-19(21)27-24(30)16-34-22-13-12-17(15-23(22)33-2)14-20-25(31)29(26(35)28-20)18-8-4-3-5-9-18/h6-7,10-15,18H,3-5,8-9,16H2,1-2H3,(H,27,30)(H,28,35)/b20-14+. The Bertz CT molecular complexity index is 1140. The highest BCUT2D eigenvalue weighted by molar-refractivity contribution is 7.80. The second kappa shape index (κ2) is 11.2. The van der Waals surface area contributed by atoms with Gasteiger partial charge in [0, 0.05) is 6.04 Å². The minimum atomic E-state index is -0.334. The smallest absolute Gasteiger partial charge is 0.276 e. The fraction of sp³-hybridized carbons (Fsp3) is 0.346. The van der Waals surface area contributed by atoms with Gasteiger partial charge >= 0.3 is 0 Å². The van der Waals surface area contributed by atoms with Crippen LogP contribution in [0.5, 0.6) is 17.2 Å². The lowest BCUT2D eigenvalue weighted by molar-refractivity contribution is -0.124. The van der Waals surface area contributed by atoms with Crippen LogP contribution in [-0.2, 0) is 9.59 Å². The summed E-state index contributed by atoms with van der Waals surface area (Å²) in [5.41, 5.74) is 1.75. The van der Waals surface area contributed by atoms with Crippen molar-refractivity contribution in [1.82, 2.24) is 10.2 Å². The number of anilines is 1. The van der Waals surface area contributed by atoms with E-state index < -0.39 is 0 Å². The van der Waals surface area contributed by atoms with Gasteiger partial charge in [0.15, 0.2) is 23.2 Å². The number of benzene rings is 2. The summed E-state index contributed by atoms with van der Waals surface area (Å²) in [4.78, 5) is 27.1. The lowest BCUT2D eigenvalue weighted by Crippen LogP contribution is -2.41. The summed E-state index contributed by atoms with van der Waals surface area (Å²) in [5, 5.41) is 6.28. The molecule has 2 N–H and O–H groups in total. The van der Waals surface area contributed by atoms with Crippen LogP contribution in [0.2, 0.25) is 0 Å². The van der Waals surface area contributed by atoms with Crippen LogP contribution in [0.1, 0.15) is 37.7 Å². The van der Waals surface area contributed by atoms with Gasteiger partial charge in [0.1, 0.15) is 11.4 Å². The van der Waals surface area contributed by atoms with Crippen molar-refractivity contribution < 1.29 is 23.8 Å². The first-order chi connectivity index (χ1) is 17.0. The first-order valence-electron chi connectivity index (χ1n) is 11.6. The van der Waals surface area contributed by atoms with Gasteiger partial charge in [-0.05, 0) is 61.0 Å². The molecule has 0 aromatic heterocycles. The molecule has 0 unspecified atom stereocenters. The van der Waals surface area contributed by atoms with Gasteiger partial charge in [-0.1, -0.05) is 37.5 Å². The number of nitrogens with zero attached hydrogens (tertiary/aromatic N) is 1. The van der Waals surface area contributed by atoms with Gasteiger partial charge in [0.05, 0.1) is 19.9 Å². The van der Waals surface area contributed by atoms with Crippen LogP contribution in [-0.4, -0.2) is 48.7 Å². The maximum atomic E-state index is 13.0. The summed E-state index contributed by atoms with van der Waals surface area (Å²) < 4.78 is 16.4. The zero-order chi connectivity index (χ0) is 24.8. The number of rotatable bonds is 8. The Kier molecular flexibility index (Phi) is 7.87. The van der Waals surface area contributed by atoms with Crippen molar-refractivity contribution in [3.8, 4) is 17.2 Å². The third-order valence-electron chi connectivity index (χ3n) is 6.09. The molecular weight excluding hydrogens is 466 g/mol. The van der Waals surface area contributed by atoms with E-state index >= 15 is 0 Å². The summed E-state index contributed by atoms with van der Waals surface area (Å²) in [6.45, 7) is -0.209. The Hall–Kier alpha value is -3.59. The van der Waals surface area contributed by atoms with Crippen LogP contribution in [0, 0.1) is 0 Å². The molecule has 0 spiro atoms. The van der Waals surface area contributed by atoms with E-state index in [0.29, 0.717) is 33.7 Å². The average molecular weight is 496 g/mol. The third-order valence-corrected chi connectivity index (χ3v) is 6.39. The fourth-order valence-electron chi connectivity index (χ4n) is 4.36. The van der Waals surface area contributed by atoms with Gasteiger partial charge in [0.25, 0.3) is 11.8 Å². The van der Waals surface area contributed by atoms with E-state index in [1.165, 1.54) is 13.5 Å². The van der Waals surface area contributed by atoms with Crippen molar-refractivity contribution >= 4 is 40.9 Å². The Labute approximate surface area is 210 Å². The molecule has 0 bridgehead atoms. The number of hydrogen-bond donors (Lipinski definition) is 2. The average Bonchev–Trinajstić information content (AvgIpc) is 3.16. The molecule has 1 heterocycles. The molecule has 8 nitrogen and oxygen atoms in total. The normalized spacial score (nSPS) is 17.3. The number of amides is 2. The molecule has 2 aliphatic rings. The molecule has 0 radical (unpaired) electrons. The van der Waals surface area contributed by atoms with Crippen molar-refractivity contribution in [2.24, 2.45) is 0 Å². The molecule has 1 aliphatic heterocycles. The quantitative estimate of drug-likeness (QED) is 0.421. The summed E-state index contributed by atoms with van der Waals surface area (Å²) >= 11 is 5.45. The molecule has 2 amide bonds. The summed E-state index contributed by atoms with van der Waals surface area (Å²) in [6, 6.07) is 12.6. The Balaban J connectivity index is 1.42. The maximum absolute atomic E-state index is 13.0. The van der Waals surface area contributed by atoms with Gasteiger partial charge in [-0.2, -0.15) is 0 Å². The van der Waals surface area contributed by atoms with Crippen molar-refractivity contribution in [2.45, 2.75) is 38.1 Å². The fourth-order valence-corrected chi connectivity index (χ4v) is 4.70. The second-order valence-corrected chi connectivity index (χ2v) is 8.79. The van der Waals surface area contributed by atoms with Crippen LogP contribution in [0.3, 0.4) is 0 Å². The number of methoxy groups -OCH3 is 2. The number of hydrogen-bond acceptors (Lipinski definition) is 6. The van der Waals surface area contributed by atoms with E-state index in [-0.39, 0.29) is 24.5 Å². The molecule has 1 saturated carbocycles. The van der Waals surface area contributed by atoms with Gasteiger partial charge in [-0.25, -0.2) is 0 Å². The molecule has 2 aromatic rings. The van der Waals surface area contributed by atoms with Crippen molar-refractivity contribution in [3.05, 3.63) is 53.7 Å². The monoisotopic (exact) mass is 495 g/mol. The molecule has 35 heavy (non-hydrogen) atoms. The summed E-state index contributed by atoms with van der Waals surface area (Å²) in [5.74, 6) is 0.984. The Morgan fingerprint density at radius 3 is 2.57 bits per heavy atom. The van der Waals surface area contributed by atoms with Gasteiger partial charge in [-0.3, -0.25) is 14.5 Å². The lowest BCUT2D eigenvalue weighted by Gasteiger charge is -2.29. The minimum absolute atomic E-state index is 0.103. The summed E-state index contributed by atoms with van der Waals surface area (Å²) in [7, 11) is 3.06. The van der Waals surface area contributed by atoms with E-state index in [2.05, 4.69) is 10.6 Å². The number of nitrogens with one attached hydrogen (secondary N) is 2. The van der Waals surface area contributed by atoms with Crippen LogP contribution in [0.15, 0.2) is 48.2 Å². The highest BCUT2D eigenvalue weighted by atomic mass is 32.1. The van der Waals surface area contributed by atoms with Gasteiger partial charge in [-0.15, -0.1) is 0 Å². The Morgan fingerprint density at radius 2 is 1.83 bits per heavy atom. The van der Waals surface area contributed by atoms with Crippen LogP contribution in [0.25, 0.3) is 6.08 Å². The van der Waals surface area contributed by atoms with E-state index in [1.54, 1.807) is 54.5 Å². The molecule has 9 heteroatoms. The number of carbonyl (C=O) groups is 2. The van der Waals surface area contributed by atoms with E-state index in [9.17, 15) is 9.59 Å². The van der Waals surface area contributed by atoms with Gasteiger partial charge in [0.2, 0.25) is 0 Å². The minimum Gasteiger partial charge on any atom is -0.495 e. The molecule has 2 aromatic carbocycles. The number of ether oxygens (including phenoxy) is 3. The highest BCUT2D eigenvalue weighted by Crippen LogP contribution is 2.31. The molecular formula is C26H29N3O5S. The highest BCUT2D eigenvalue weighted by Gasteiger charge is 2.36. The van der Waals surface area contributed by atoms with Crippen molar-refractivity contribution in [3.63, 3.8) is 0 Å². The topological polar surface area (TPSA) is 89.1 Å².